The second-order valence-corrected chi connectivity index (χ2v) is 19.2. The average Bonchev–Trinajstić information content (AvgIpc) is 4.16. The maximum atomic E-state index is 6.75. The zero-order valence-electron chi connectivity index (χ0n) is 37.0. The Morgan fingerprint density at radius 2 is 0.826 bits per heavy atom. The second kappa shape index (κ2) is 14.6. The van der Waals surface area contributed by atoms with Crippen molar-refractivity contribution in [3.05, 3.63) is 247 Å². The molecular weight excluding hydrogens is 859 g/mol. The summed E-state index contributed by atoms with van der Waals surface area (Å²) >= 11 is 1.79. The molecule has 0 radical (unpaired) electrons. The number of rotatable bonds is 5. The summed E-state index contributed by atoms with van der Waals surface area (Å²) < 4.78 is 9.17. The van der Waals surface area contributed by atoms with Crippen LogP contribution >= 0.6 is 11.3 Å². The summed E-state index contributed by atoms with van der Waals surface area (Å²) in [5.41, 5.74) is 18.9. The van der Waals surface area contributed by atoms with Crippen molar-refractivity contribution in [2.45, 2.75) is 5.41 Å². The molecule has 2 aliphatic rings. The van der Waals surface area contributed by atoms with E-state index in [9.17, 15) is 0 Å². The Morgan fingerprint density at radius 3 is 1.57 bits per heavy atom. The number of furan rings is 1. The molecule has 0 amide bonds. The smallest absolute Gasteiger partial charge is 0.164 e. The molecule has 4 nitrogen and oxygen atoms in total. The van der Waals surface area contributed by atoms with Gasteiger partial charge in [-0.25, -0.2) is 15.0 Å². The minimum atomic E-state index is -0.484. The highest BCUT2D eigenvalue weighted by Crippen LogP contribution is 2.64. The van der Waals surface area contributed by atoms with Crippen LogP contribution in [0.2, 0.25) is 0 Å². The van der Waals surface area contributed by atoms with Gasteiger partial charge in [-0.2, -0.15) is 0 Å². The molecule has 0 saturated heterocycles. The van der Waals surface area contributed by atoms with Gasteiger partial charge in [-0.3, -0.25) is 0 Å². The van der Waals surface area contributed by atoms with Crippen LogP contribution in [0.4, 0.5) is 0 Å². The Bertz CT molecular complexity index is 4200. The van der Waals surface area contributed by atoms with E-state index in [0.717, 1.165) is 60.7 Å². The van der Waals surface area contributed by atoms with Gasteiger partial charge in [0.05, 0.1) is 5.41 Å². The standard InChI is InChI=1S/C64H37N3OS/c1-2-15-38(16-3-1)39-31-33-40(34-32-39)61-65-62(67-63(66-61)49-24-14-30-57-59(49)47-20-7-11-29-56(47)69-57)48-23-13-28-55-58(48)50-37-41(35-36-54(50)68-55)42-21-12-22-46-45-19-6-10-27-53(45)64(60(42)46)51-25-8-4-17-43(51)44-18-5-9-26-52(44)64/h1-37H. The Balaban J connectivity index is 0.955. The molecule has 3 aromatic heterocycles. The van der Waals surface area contributed by atoms with E-state index in [4.69, 9.17) is 19.4 Å². The van der Waals surface area contributed by atoms with E-state index in [1.807, 2.05) is 12.1 Å². The van der Waals surface area contributed by atoms with Crippen molar-refractivity contribution >= 4 is 53.4 Å². The number of benzene rings is 10. The number of fused-ring (bicyclic) bond motifs is 16. The molecule has 0 fully saturated rings. The van der Waals surface area contributed by atoms with Gasteiger partial charge in [0.2, 0.25) is 0 Å². The van der Waals surface area contributed by atoms with Gasteiger partial charge in [0, 0.05) is 47.6 Å². The fourth-order valence-corrected chi connectivity index (χ4v) is 12.9. The SMILES string of the molecule is c1ccc(-c2ccc(-c3nc(-c4cccc5oc6ccc(-c7cccc8c7C7(c9ccccc9-c9ccccc97)c7ccccc7-8)cc6c45)nc(-c4cccc5sc6ccccc6c45)n3)cc2)cc1. The molecule has 3 heterocycles. The van der Waals surface area contributed by atoms with Gasteiger partial charge in [-0.15, -0.1) is 11.3 Å². The van der Waals surface area contributed by atoms with Crippen molar-refractivity contribution in [2.24, 2.45) is 0 Å². The fraction of sp³-hybridized carbons (Fsp3) is 0.0156. The van der Waals surface area contributed by atoms with Gasteiger partial charge < -0.3 is 4.42 Å². The molecule has 0 N–H and O–H groups in total. The van der Waals surface area contributed by atoms with Crippen molar-refractivity contribution in [1.29, 1.82) is 0 Å². The van der Waals surface area contributed by atoms with Crippen LogP contribution in [-0.4, -0.2) is 15.0 Å². The van der Waals surface area contributed by atoms with E-state index in [1.54, 1.807) is 11.3 Å². The lowest BCUT2D eigenvalue weighted by Gasteiger charge is -2.32. The molecular formula is C64H37N3OS. The van der Waals surface area contributed by atoms with Crippen LogP contribution in [0.3, 0.4) is 0 Å². The average molecular weight is 896 g/mol. The third-order valence-electron chi connectivity index (χ3n) is 14.6. The minimum Gasteiger partial charge on any atom is -0.456 e. The number of hydrogen-bond acceptors (Lipinski definition) is 5. The van der Waals surface area contributed by atoms with Crippen molar-refractivity contribution in [3.8, 4) is 78.7 Å². The predicted molar refractivity (Wildman–Crippen MR) is 283 cm³/mol. The summed E-state index contributed by atoms with van der Waals surface area (Å²) in [4.78, 5) is 16.1. The molecule has 2 aliphatic carbocycles. The molecule has 0 atom stereocenters. The molecule has 0 bridgehead atoms. The largest absolute Gasteiger partial charge is 0.456 e. The first-order chi connectivity index (χ1) is 34.2. The first-order valence-corrected chi connectivity index (χ1v) is 24.2. The summed E-state index contributed by atoms with van der Waals surface area (Å²) in [5.74, 6) is 1.83. The fourth-order valence-electron chi connectivity index (χ4n) is 11.7. The van der Waals surface area contributed by atoms with E-state index in [2.05, 4.69) is 212 Å². The quantitative estimate of drug-likeness (QED) is 0.173. The van der Waals surface area contributed by atoms with Crippen LogP contribution in [0.5, 0.6) is 0 Å². The van der Waals surface area contributed by atoms with E-state index < -0.39 is 5.41 Å². The van der Waals surface area contributed by atoms with Crippen LogP contribution in [-0.2, 0) is 5.41 Å². The molecule has 15 rings (SSSR count). The van der Waals surface area contributed by atoms with E-state index in [0.29, 0.717) is 17.5 Å². The van der Waals surface area contributed by atoms with Crippen molar-refractivity contribution in [2.75, 3.05) is 0 Å². The Hall–Kier alpha value is -8.77. The van der Waals surface area contributed by atoms with Crippen LogP contribution in [0, 0.1) is 0 Å². The third-order valence-corrected chi connectivity index (χ3v) is 15.7. The van der Waals surface area contributed by atoms with Crippen molar-refractivity contribution < 1.29 is 4.42 Å². The topological polar surface area (TPSA) is 51.8 Å². The zero-order chi connectivity index (χ0) is 45.2. The molecule has 0 saturated carbocycles. The second-order valence-electron chi connectivity index (χ2n) is 18.1. The molecule has 1 spiro atoms. The summed E-state index contributed by atoms with van der Waals surface area (Å²) in [6.45, 7) is 0. The van der Waals surface area contributed by atoms with Gasteiger partial charge in [-0.05, 0) is 97.1 Å². The number of hydrogen-bond donors (Lipinski definition) is 0. The van der Waals surface area contributed by atoms with Gasteiger partial charge >= 0.3 is 0 Å². The number of aromatic nitrogens is 3. The molecule has 0 unspecified atom stereocenters. The molecule has 320 valence electrons. The van der Waals surface area contributed by atoms with Gasteiger partial charge in [-0.1, -0.05) is 194 Å². The highest BCUT2D eigenvalue weighted by atomic mass is 32.1. The van der Waals surface area contributed by atoms with Crippen LogP contribution < -0.4 is 0 Å². The summed E-state index contributed by atoms with van der Waals surface area (Å²) in [5, 5.41) is 4.33. The summed E-state index contributed by atoms with van der Waals surface area (Å²) in [6.07, 6.45) is 0. The van der Waals surface area contributed by atoms with Gasteiger partial charge in [0.15, 0.2) is 17.5 Å². The lowest BCUT2D eigenvalue weighted by molar-refractivity contribution is 0.669. The molecule has 13 aromatic rings. The lowest BCUT2D eigenvalue weighted by atomic mass is 9.68. The molecule has 0 aliphatic heterocycles. The normalized spacial score (nSPS) is 13.0. The van der Waals surface area contributed by atoms with E-state index >= 15 is 0 Å². The summed E-state index contributed by atoms with van der Waals surface area (Å²) in [7, 11) is 0. The number of thiophene rings is 1. The van der Waals surface area contributed by atoms with Crippen molar-refractivity contribution in [3.63, 3.8) is 0 Å². The predicted octanol–water partition coefficient (Wildman–Crippen LogP) is 16.8. The maximum absolute atomic E-state index is 6.75. The molecule has 69 heavy (non-hydrogen) atoms. The van der Waals surface area contributed by atoms with Crippen molar-refractivity contribution in [1.82, 2.24) is 15.0 Å². The first-order valence-electron chi connectivity index (χ1n) is 23.4. The Morgan fingerprint density at radius 1 is 0.319 bits per heavy atom. The van der Waals surface area contributed by atoms with E-state index in [-0.39, 0.29) is 0 Å². The van der Waals surface area contributed by atoms with Crippen LogP contribution in [0.25, 0.3) is 121 Å². The minimum absolute atomic E-state index is 0.484. The molecule has 5 heteroatoms. The van der Waals surface area contributed by atoms with Crippen LogP contribution in [0.1, 0.15) is 22.3 Å². The van der Waals surface area contributed by atoms with Crippen LogP contribution in [0.15, 0.2) is 229 Å². The highest BCUT2D eigenvalue weighted by Gasteiger charge is 2.52. The van der Waals surface area contributed by atoms with E-state index in [1.165, 1.54) is 64.9 Å². The Kier molecular flexibility index (Phi) is 8.12. The lowest BCUT2D eigenvalue weighted by Crippen LogP contribution is -2.26. The molecule has 10 aromatic carbocycles. The van der Waals surface area contributed by atoms with Gasteiger partial charge in [0.25, 0.3) is 0 Å². The zero-order valence-corrected chi connectivity index (χ0v) is 37.8. The third kappa shape index (κ3) is 5.48. The number of nitrogens with zero attached hydrogens (tertiary/aromatic N) is 3. The summed E-state index contributed by atoms with van der Waals surface area (Å²) in [6, 6.07) is 80.8. The highest BCUT2D eigenvalue weighted by molar-refractivity contribution is 7.25. The maximum Gasteiger partial charge on any atom is 0.164 e. The first kappa shape index (κ1) is 38.3. The van der Waals surface area contributed by atoms with Gasteiger partial charge in [0.1, 0.15) is 11.2 Å². The Labute approximate surface area is 401 Å². The monoisotopic (exact) mass is 895 g/mol.